The molecule has 5 heteroatoms. The van der Waals surface area contributed by atoms with Crippen LogP contribution in [0.3, 0.4) is 0 Å². The average Bonchev–Trinajstić information content (AvgIpc) is 2.35. The lowest BCUT2D eigenvalue weighted by molar-refractivity contribution is 0.151. The van der Waals surface area contributed by atoms with Gasteiger partial charge in [0.1, 0.15) is 5.15 Å². The van der Waals surface area contributed by atoms with Gasteiger partial charge in [-0.25, -0.2) is 18.7 Å². The Balaban J connectivity index is 2.52. The van der Waals surface area contributed by atoms with E-state index in [0.29, 0.717) is 16.5 Å². The second kappa shape index (κ2) is 4.98. The van der Waals surface area contributed by atoms with Crippen molar-refractivity contribution < 1.29 is 8.78 Å². The van der Waals surface area contributed by atoms with E-state index in [4.69, 9.17) is 11.6 Å². The van der Waals surface area contributed by atoms with Gasteiger partial charge in [-0.2, -0.15) is 0 Å². The van der Waals surface area contributed by atoms with Crippen molar-refractivity contribution >= 4 is 11.6 Å². The highest BCUT2D eigenvalue weighted by Gasteiger charge is 2.11. The van der Waals surface area contributed by atoms with Crippen LogP contribution in [0.4, 0.5) is 8.78 Å². The Labute approximate surface area is 109 Å². The molecule has 0 spiro atoms. The lowest BCUT2D eigenvalue weighted by Crippen LogP contribution is -1.97. The maximum Gasteiger partial charge on any atom is 0.263 e. The van der Waals surface area contributed by atoms with Gasteiger partial charge in [0.05, 0.1) is 0 Å². The minimum absolute atomic E-state index is 0.0505. The van der Waals surface area contributed by atoms with Crippen molar-refractivity contribution in [3.63, 3.8) is 0 Å². The molecule has 0 fully saturated rings. The van der Waals surface area contributed by atoms with E-state index in [2.05, 4.69) is 9.97 Å². The van der Waals surface area contributed by atoms with Crippen molar-refractivity contribution in [1.29, 1.82) is 0 Å². The van der Waals surface area contributed by atoms with E-state index < -0.39 is 6.43 Å². The summed E-state index contributed by atoms with van der Waals surface area (Å²) < 4.78 is 25.2. The summed E-state index contributed by atoms with van der Waals surface area (Å²) in [7, 11) is 0. The van der Waals surface area contributed by atoms with E-state index in [0.717, 1.165) is 11.3 Å². The molecule has 0 N–H and O–H groups in total. The number of alkyl halides is 2. The molecule has 94 valence electrons. The summed E-state index contributed by atoms with van der Waals surface area (Å²) in [6.07, 6.45) is -2.51. The van der Waals surface area contributed by atoms with Gasteiger partial charge in [0.25, 0.3) is 6.43 Å². The summed E-state index contributed by atoms with van der Waals surface area (Å²) >= 11 is 5.97. The summed E-state index contributed by atoms with van der Waals surface area (Å²) in [6, 6.07) is 6.00. The Morgan fingerprint density at radius 2 is 1.89 bits per heavy atom. The molecule has 1 aromatic heterocycles. The quantitative estimate of drug-likeness (QED) is 0.757. The second-order valence-corrected chi connectivity index (χ2v) is 4.33. The van der Waals surface area contributed by atoms with Gasteiger partial charge in [0.15, 0.2) is 5.82 Å². The summed E-state index contributed by atoms with van der Waals surface area (Å²) in [5.41, 5.74) is 2.03. The Kier molecular flexibility index (Phi) is 3.57. The minimum Gasteiger partial charge on any atom is -0.233 e. The average molecular weight is 269 g/mol. The Bertz CT molecular complexity index is 562. The van der Waals surface area contributed by atoms with Gasteiger partial charge >= 0.3 is 0 Å². The van der Waals surface area contributed by atoms with Crippen LogP contribution >= 0.6 is 11.6 Å². The third-order valence-electron chi connectivity index (χ3n) is 2.73. The molecule has 2 aromatic rings. The summed E-state index contributed by atoms with van der Waals surface area (Å²) in [4.78, 5) is 8.38. The number of rotatable bonds is 2. The van der Waals surface area contributed by atoms with E-state index in [9.17, 15) is 8.78 Å². The molecule has 0 aliphatic heterocycles. The highest BCUT2D eigenvalue weighted by molar-refractivity contribution is 6.30. The van der Waals surface area contributed by atoms with Crippen molar-refractivity contribution in [1.82, 2.24) is 9.97 Å². The molecule has 0 saturated heterocycles. The predicted molar refractivity (Wildman–Crippen MR) is 66.9 cm³/mol. The standard InChI is InChI=1S/C13H11ClF2N2/c1-7-8(2)17-13(18-11(7)14)10-5-3-4-9(6-10)12(15)16/h3-6,12H,1-2H3. The molecule has 0 bridgehead atoms. The minimum atomic E-state index is -2.51. The fraction of sp³-hybridized carbons (Fsp3) is 0.231. The number of aryl methyl sites for hydroxylation is 1. The van der Waals surface area contributed by atoms with Crippen molar-refractivity contribution in [2.45, 2.75) is 20.3 Å². The smallest absolute Gasteiger partial charge is 0.233 e. The highest BCUT2D eigenvalue weighted by atomic mass is 35.5. The second-order valence-electron chi connectivity index (χ2n) is 3.97. The van der Waals surface area contributed by atoms with Crippen LogP contribution in [0, 0.1) is 13.8 Å². The van der Waals surface area contributed by atoms with Gasteiger partial charge in [-0.3, -0.25) is 0 Å². The van der Waals surface area contributed by atoms with Crippen LogP contribution in [0.5, 0.6) is 0 Å². The summed E-state index contributed by atoms with van der Waals surface area (Å²) in [5.74, 6) is 0.366. The molecule has 0 amide bonds. The van der Waals surface area contributed by atoms with Gasteiger partial charge < -0.3 is 0 Å². The Morgan fingerprint density at radius 3 is 2.50 bits per heavy atom. The number of hydrogen-bond acceptors (Lipinski definition) is 2. The number of benzene rings is 1. The van der Waals surface area contributed by atoms with Gasteiger partial charge in [0, 0.05) is 22.4 Å². The largest absolute Gasteiger partial charge is 0.263 e. The zero-order chi connectivity index (χ0) is 13.3. The van der Waals surface area contributed by atoms with Crippen molar-refractivity contribution in [3.05, 3.63) is 46.2 Å². The van der Waals surface area contributed by atoms with Crippen LogP contribution in [0.15, 0.2) is 24.3 Å². The first-order chi connectivity index (χ1) is 8.49. The molecule has 0 aliphatic rings. The molecule has 0 radical (unpaired) electrons. The van der Waals surface area contributed by atoms with Gasteiger partial charge in [0.2, 0.25) is 0 Å². The molecule has 1 aromatic carbocycles. The maximum atomic E-state index is 12.6. The molecule has 1 heterocycles. The molecule has 18 heavy (non-hydrogen) atoms. The monoisotopic (exact) mass is 268 g/mol. The number of nitrogens with zero attached hydrogens (tertiary/aromatic N) is 2. The number of hydrogen-bond donors (Lipinski definition) is 0. The van der Waals surface area contributed by atoms with Crippen LogP contribution in [0.1, 0.15) is 23.2 Å². The summed E-state index contributed by atoms with van der Waals surface area (Å²) in [6.45, 7) is 3.63. The molecule has 0 aliphatic carbocycles. The predicted octanol–water partition coefficient (Wildman–Crippen LogP) is 4.35. The van der Waals surface area contributed by atoms with Crippen LogP contribution in [-0.4, -0.2) is 9.97 Å². The van der Waals surface area contributed by atoms with Crippen molar-refractivity contribution in [2.75, 3.05) is 0 Å². The van der Waals surface area contributed by atoms with Crippen LogP contribution in [0.25, 0.3) is 11.4 Å². The third kappa shape index (κ3) is 2.48. The van der Waals surface area contributed by atoms with Gasteiger partial charge in [-0.15, -0.1) is 0 Å². The molecular weight excluding hydrogens is 258 g/mol. The molecule has 2 nitrogen and oxygen atoms in total. The van der Waals surface area contributed by atoms with E-state index in [1.165, 1.54) is 12.1 Å². The van der Waals surface area contributed by atoms with Crippen LogP contribution in [-0.2, 0) is 0 Å². The number of halogens is 3. The van der Waals surface area contributed by atoms with Gasteiger partial charge in [-0.05, 0) is 19.9 Å². The third-order valence-corrected chi connectivity index (χ3v) is 3.09. The lowest BCUT2D eigenvalue weighted by atomic mass is 10.1. The fourth-order valence-corrected chi connectivity index (χ4v) is 1.75. The first kappa shape index (κ1) is 12.9. The normalized spacial score (nSPS) is 11.0. The van der Waals surface area contributed by atoms with Crippen LogP contribution < -0.4 is 0 Å². The fourth-order valence-electron chi connectivity index (χ4n) is 1.54. The van der Waals surface area contributed by atoms with E-state index in [1.807, 2.05) is 13.8 Å². The zero-order valence-electron chi connectivity index (χ0n) is 9.92. The zero-order valence-corrected chi connectivity index (χ0v) is 10.7. The topological polar surface area (TPSA) is 25.8 Å². The first-order valence-electron chi connectivity index (χ1n) is 5.38. The lowest BCUT2D eigenvalue weighted by Gasteiger charge is -2.07. The van der Waals surface area contributed by atoms with Crippen molar-refractivity contribution in [3.8, 4) is 11.4 Å². The molecular formula is C13H11ClF2N2. The SMILES string of the molecule is Cc1nc(-c2cccc(C(F)F)c2)nc(Cl)c1C. The molecule has 0 saturated carbocycles. The number of aromatic nitrogens is 2. The Morgan fingerprint density at radius 1 is 1.17 bits per heavy atom. The molecule has 0 unspecified atom stereocenters. The highest BCUT2D eigenvalue weighted by Crippen LogP contribution is 2.25. The van der Waals surface area contributed by atoms with Crippen molar-refractivity contribution in [2.24, 2.45) is 0 Å². The summed E-state index contributed by atoms with van der Waals surface area (Å²) in [5, 5.41) is 0.347. The molecule has 2 rings (SSSR count). The molecule has 0 atom stereocenters. The van der Waals surface area contributed by atoms with E-state index >= 15 is 0 Å². The Hall–Kier alpha value is -1.55. The maximum absolute atomic E-state index is 12.6. The van der Waals surface area contributed by atoms with E-state index in [-0.39, 0.29) is 5.56 Å². The van der Waals surface area contributed by atoms with Gasteiger partial charge in [-0.1, -0.05) is 29.8 Å². The van der Waals surface area contributed by atoms with Crippen LogP contribution in [0.2, 0.25) is 5.15 Å². The van der Waals surface area contributed by atoms with E-state index in [1.54, 1.807) is 12.1 Å². The first-order valence-corrected chi connectivity index (χ1v) is 5.76.